The summed E-state index contributed by atoms with van der Waals surface area (Å²) < 4.78 is 0. The van der Waals surface area contributed by atoms with Gasteiger partial charge in [0.25, 0.3) is 0 Å². The van der Waals surface area contributed by atoms with Crippen molar-refractivity contribution in [2.24, 2.45) is 11.1 Å². The summed E-state index contributed by atoms with van der Waals surface area (Å²) >= 11 is 0. The molecule has 1 heterocycles. The second kappa shape index (κ2) is 4.30. The molecule has 0 radical (unpaired) electrons. The van der Waals surface area contributed by atoms with E-state index >= 15 is 0 Å². The number of nitrogens with zero attached hydrogens (tertiary/aromatic N) is 2. The minimum Gasteiger partial charge on any atom is -0.278 e. The number of unbranched alkanes of at least 4 members (excludes halogenated alkanes) is 1. The van der Waals surface area contributed by atoms with Crippen LogP contribution in [0.15, 0.2) is 5.16 Å². The predicted molar refractivity (Wildman–Crippen MR) is 48.1 cm³/mol. The molecule has 0 spiro atoms. The van der Waals surface area contributed by atoms with Crippen molar-refractivity contribution in [2.75, 3.05) is 6.54 Å². The van der Waals surface area contributed by atoms with Gasteiger partial charge in [-0.15, -0.1) is 0 Å². The molecule has 0 aromatic heterocycles. The molecule has 1 aliphatic rings. The van der Waals surface area contributed by atoms with Gasteiger partial charge in [0, 0.05) is 12.5 Å². The SMILES string of the molecule is CCCCN1NON=C1C(C)C. The van der Waals surface area contributed by atoms with Crippen LogP contribution in [0, 0.1) is 5.92 Å². The highest BCUT2D eigenvalue weighted by Crippen LogP contribution is 2.08. The summed E-state index contributed by atoms with van der Waals surface area (Å²) in [6, 6.07) is 0. The van der Waals surface area contributed by atoms with Crippen LogP contribution in [0.1, 0.15) is 33.6 Å². The Morgan fingerprint density at radius 3 is 2.92 bits per heavy atom. The van der Waals surface area contributed by atoms with Gasteiger partial charge in [0.15, 0.2) is 5.84 Å². The summed E-state index contributed by atoms with van der Waals surface area (Å²) in [6.07, 6.45) is 2.34. The zero-order valence-corrected chi connectivity index (χ0v) is 8.00. The zero-order valence-electron chi connectivity index (χ0n) is 8.00. The lowest BCUT2D eigenvalue weighted by Gasteiger charge is -2.18. The van der Waals surface area contributed by atoms with Gasteiger partial charge in [-0.3, -0.25) is 9.95 Å². The smallest absolute Gasteiger partial charge is 0.166 e. The Hall–Kier alpha value is -0.770. The highest BCUT2D eigenvalue weighted by atomic mass is 16.8. The molecule has 4 nitrogen and oxygen atoms in total. The van der Waals surface area contributed by atoms with Crippen molar-refractivity contribution < 1.29 is 4.94 Å². The van der Waals surface area contributed by atoms with Crippen molar-refractivity contribution in [3.05, 3.63) is 0 Å². The third kappa shape index (κ3) is 2.11. The molecule has 12 heavy (non-hydrogen) atoms. The number of rotatable bonds is 4. The largest absolute Gasteiger partial charge is 0.278 e. The van der Waals surface area contributed by atoms with Crippen LogP contribution in [0.4, 0.5) is 0 Å². The second-order valence-corrected chi connectivity index (χ2v) is 3.29. The molecule has 0 saturated carbocycles. The molecule has 0 aliphatic carbocycles. The Morgan fingerprint density at radius 1 is 1.58 bits per heavy atom. The fourth-order valence-corrected chi connectivity index (χ4v) is 1.11. The van der Waals surface area contributed by atoms with Crippen molar-refractivity contribution in [1.82, 2.24) is 10.6 Å². The summed E-state index contributed by atoms with van der Waals surface area (Å²) in [5.41, 5.74) is 2.75. The fraction of sp³-hybridized carbons (Fsp3) is 0.875. The van der Waals surface area contributed by atoms with Crippen LogP contribution in [0.2, 0.25) is 0 Å². The van der Waals surface area contributed by atoms with Crippen molar-refractivity contribution in [3.63, 3.8) is 0 Å². The van der Waals surface area contributed by atoms with Crippen LogP contribution in [0.25, 0.3) is 0 Å². The van der Waals surface area contributed by atoms with Gasteiger partial charge in [0.1, 0.15) is 0 Å². The van der Waals surface area contributed by atoms with Crippen LogP contribution in [-0.4, -0.2) is 17.4 Å². The summed E-state index contributed by atoms with van der Waals surface area (Å²) in [5, 5.41) is 5.87. The van der Waals surface area contributed by atoms with E-state index in [0.29, 0.717) is 5.92 Å². The highest BCUT2D eigenvalue weighted by molar-refractivity contribution is 5.83. The number of hydrogen-bond donors (Lipinski definition) is 1. The molecule has 1 rings (SSSR count). The van der Waals surface area contributed by atoms with E-state index in [0.717, 1.165) is 18.8 Å². The van der Waals surface area contributed by atoms with Crippen molar-refractivity contribution in [1.29, 1.82) is 0 Å². The van der Waals surface area contributed by atoms with Crippen LogP contribution in [-0.2, 0) is 4.94 Å². The molecule has 0 bridgehead atoms. The topological polar surface area (TPSA) is 36.9 Å². The Morgan fingerprint density at radius 2 is 2.33 bits per heavy atom. The summed E-state index contributed by atoms with van der Waals surface area (Å²) in [5.74, 6) is 1.40. The van der Waals surface area contributed by atoms with Gasteiger partial charge in [-0.1, -0.05) is 27.2 Å². The Kier molecular flexibility index (Phi) is 3.34. The number of hydrogen-bond acceptors (Lipinski definition) is 4. The van der Waals surface area contributed by atoms with Crippen molar-refractivity contribution in [2.45, 2.75) is 33.6 Å². The van der Waals surface area contributed by atoms with E-state index in [2.05, 4.69) is 31.5 Å². The molecule has 0 unspecified atom stereocenters. The Bertz CT molecular complexity index is 168. The molecule has 1 N–H and O–H groups in total. The first-order valence-corrected chi connectivity index (χ1v) is 4.52. The van der Waals surface area contributed by atoms with E-state index in [9.17, 15) is 0 Å². The second-order valence-electron chi connectivity index (χ2n) is 3.29. The summed E-state index contributed by atoms with van der Waals surface area (Å²) in [6.45, 7) is 7.35. The molecule has 0 aromatic rings. The molecule has 0 amide bonds. The van der Waals surface area contributed by atoms with Gasteiger partial charge in [0.2, 0.25) is 0 Å². The monoisotopic (exact) mass is 171 g/mol. The van der Waals surface area contributed by atoms with E-state index in [1.54, 1.807) is 0 Å². The fourth-order valence-electron chi connectivity index (χ4n) is 1.11. The molecule has 1 aliphatic heterocycles. The zero-order chi connectivity index (χ0) is 8.97. The van der Waals surface area contributed by atoms with Crippen LogP contribution in [0.5, 0.6) is 0 Å². The van der Waals surface area contributed by atoms with Gasteiger partial charge in [-0.25, -0.2) is 0 Å². The predicted octanol–water partition coefficient (Wildman–Crippen LogP) is 1.51. The molecular formula is C8H17N3O. The standard InChI is InChI=1S/C8H17N3O/c1-4-5-6-11-8(7(2)3)9-12-10-11/h7,10H,4-6H2,1-3H3. The van der Waals surface area contributed by atoms with Gasteiger partial charge >= 0.3 is 0 Å². The normalized spacial score (nSPS) is 16.7. The third-order valence-electron chi connectivity index (χ3n) is 1.82. The Labute approximate surface area is 73.5 Å². The first kappa shape index (κ1) is 9.32. The number of nitrogens with one attached hydrogen (secondary N) is 1. The highest BCUT2D eigenvalue weighted by Gasteiger charge is 2.20. The average molecular weight is 171 g/mol. The van der Waals surface area contributed by atoms with Crippen LogP contribution in [0.3, 0.4) is 0 Å². The molecule has 0 saturated heterocycles. The molecule has 0 aromatic carbocycles. The molecular weight excluding hydrogens is 154 g/mol. The quantitative estimate of drug-likeness (QED) is 0.696. The van der Waals surface area contributed by atoms with E-state index in [-0.39, 0.29) is 0 Å². The maximum Gasteiger partial charge on any atom is 0.166 e. The van der Waals surface area contributed by atoms with Gasteiger partial charge in [0.05, 0.1) is 0 Å². The minimum atomic E-state index is 0.414. The van der Waals surface area contributed by atoms with Crippen molar-refractivity contribution >= 4 is 5.84 Å². The first-order chi connectivity index (χ1) is 5.75. The van der Waals surface area contributed by atoms with E-state index < -0.39 is 0 Å². The molecule has 4 heteroatoms. The molecule has 70 valence electrons. The van der Waals surface area contributed by atoms with E-state index in [4.69, 9.17) is 4.94 Å². The summed E-state index contributed by atoms with van der Waals surface area (Å²) in [7, 11) is 0. The molecule has 0 atom stereocenters. The number of amidine groups is 1. The molecule has 0 fully saturated rings. The lowest BCUT2D eigenvalue weighted by atomic mass is 10.2. The lowest BCUT2D eigenvalue weighted by molar-refractivity contribution is -0.0121. The van der Waals surface area contributed by atoms with Gasteiger partial charge < -0.3 is 0 Å². The maximum absolute atomic E-state index is 4.79. The maximum atomic E-state index is 4.79. The van der Waals surface area contributed by atoms with E-state index in [1.165, 1.54) is 6.42 Å². The van der Waals surface area contributed by atoms with Crippen molar-refractivity contribution in [3.8, 4) is 0 Å². The first-order valence-electron chi connectivity index (χ1n) is 4.52. The number of hydrazine groups is 1. The van der Waals surface area contributed by atoms with Crippen LogP contribution >= 0.6 is 0 Å². The average Bonchev–Trinajstić information content (AvgIpc) is 2.48. The lowest BCUT2D eigenvalue weighted by Crippen LogP contribution is -2.39. The minimum absolute atomic E-state index is 0.414. The summed E-state index contributed by atoms with van der Waals surface area (Å²) in [4.78, 5) is 4.79. The van der Waals surface area contributed by atoms with Gasteiger partial charge in [-0.2, -0.15) is 0 Å². The number of oxime groups is 1. The van der Waals surface area contributed by atoms with Gasteiger partial charge in [-0.05, 0) is 17.2 Å². The Balaban J connectivity index is 2.39. The van der Waals surface area contributed by atoms with E-state index in [1.807, 2.05) is 5.01 Å². The third-order valence-corrected chi connectivity index (χ3v) is 1.82. The van der Waals surface area contributed by atoms with Crippen LogP contribution < -0.4 is 5.59 Å².